The van der Waals surface area contributed by atoms with Crippen LogP contribution >= 0.6 is 0 Å². The van der Waals surface area contributed by atoms with Crippen molar-refractivity contribution in [3.05, 3.63) is 0 Å². The first-order valence-corrected chi connectivity index (χ1v) is 8.13. The normalized spacial score (nSPS) is 25.4. The Morgan fingerprint density at radius 3 is 2.37 bits per heavy atom. The molecular formula is C16H32N2O. The molecule has 112 valence electrons. The predicted molar refractivity (Wildman–Crippen MR) is 80.9 cm³/mol. The van der Waals surface area contributed by atoms with E-state index in [-0.39, 0.29) is 12.2 Å². The summed E-state index contributed by atoms with van der Waals surface area (Å²) in [5, 5.41) is 3.57. The second-order valence-electron chi connectivity index (χ2n) is 6.25. The standard InChI is InChI=1S/C16H32N2O/c1-6-9-13(8-3)18-15(10-7-2)17-14(16(18)19)11-12(4)5/h12-15,17H,6-11H2,1-5H3. The number of rotatable bonds is 8. The van der Waals surface area contributed by atoms with Crippen LogP contribution in [-0.2, 0) is 4.79 Å². The van der Waals surface area contributed by atoms with Gasteiger partial charge < -0.3 is 4.90 Å². The van der Waals surface area contributed by atoms with Gasteiger partial charge in [0.05, 0.1) is 12.2 Å². The molecule has 1 amide bonds. The van der Waals surface area contributed by atoms with Crippen molar-refractivity contribution in [2.24, 2.45) is 5.92 Å². The van der Waals surface area contributed by atoms with Crippen LogP contribution in [0.3, 0.4) is 0 Å². The third-order valence-electron chi connectivity index (χ3n) is 4.04. The molecule has 19 heavy (non-hydrogen) atoms. The highest BCUT2D eigenvalue weighted by molar-refractivity contribution is 5.84. The van der Waals surface area contributed by atoms with E-state index < -0.39 is 0 Å². The molecule has 3 nitrogen and oxygen atoms in total. The quantitative estimate of drug-likeness (QED) is 0.730. The van der Waals surface area contributed by atoms with Gasteiger partial charge in [-0.25, -0.2) is 0 Å². The molecule has 0 saturated carbocycles. The molecule has 0 radical (unpaired) electrons. The van der Waals surface area contributed by atoms with Crippen LogP contribution in [0.1, 0.15) is 73.1 Å². The summed E-state index contributed by atoms with van der Waals surface area (Å²) >= 11 is 0. The number of hydrogen-bond acceptors (Lipinski definition) is 2. The average molecular weight is 268 g/mol. The van der Waals surface area contributed by atoms with Gasteiger partial charge in [-0.3, -0.25) is 10.1 Å². The first-order chi connectivity index (χ1) is 9.04. The Balaban J connectivity index is 2.80. The highest BCUT2D eigenvalue weighted by atomic mass is 16.2. The van der Waals surface area contributed by atoms with Gasteiger partial charge in [-0.2, -0.15) is 0 Å². The van der Waals surface area contributed by atoms with E-state index in [1.807, 2.05) is 0 Å². The Labute approximate surface area is 119 Å². The van der Waals surface area contributed by atoms with E-state index >= 15 is 0 Å². The molecule has 3 atom stereocenters. The van der Waals surface area contributed by atoms with E-state index in [0.717, 1.165) is 38.5 Å². The molecule has 0 bridgehead atoms. The fraction of sp³-hybridized carbons (Fsp3) is 0.938. The molecule has 1 heterocycles. The second-order valence-corrected chi connectivity index (χ2v) is 6.25. The van der Waals surface area contributed by atoms with E-state index in [4.69, 9.17) is 0 Å². The second kappa shape index (κ2) is 7.88. The van der Waals surface area contributed by atoms with Gasteiger partial charge in [0.1, 0.15) is 0 Å². The maximum Gasteiger partial charge on any atom is 0.241 e. The number of hydrogen-bond donors (Lipinski definition) is 1. The Hall–Kier alpha value is -0.570. The minimum atomic E-state index is 0.0439. The largest absolute Gasteiger partial charge is 0.323 e. The zero-order valence-corrected chi connectivity index (χ0v) is 13.4. The number of nitrogens with zero attached hydrogens (tertiary/aromatic N) is 1. The molecule has 0 spiro atoms. The summed E-state index contributed by atoms with van der Waals surface area (Å²) in [6.45, 7) is 11.0. The van der Waals surface area contributed by atoms with E-state index in [9.17, 15) is 4.79 Å². The molecule has 1 fully saturated rings. The summed E-state index contributed by atoms with van der Waals surface area (Å²) in [4.78, 5) is 14.8. The minimum Gasteiger partial charge on any atom is -0.323 e. The van der Waals surface area contributed by atoms with Gasteiger partial charge in [-0.1, -0.05) is 47.5 Å². The molecule has 0 aromatic heterocycles. The van der Waals surface area contributed by atoms with Gasteiger partial charge in [0.2, 0.25) is 5.91 Å². The minimum absolute atomic E-state index is 0.0439. The molecular weight excluding hydrogens is 236 g/mol. The lowest BCUT2D eigenvalue weighted by Gasteiger charge is -2.32. The Morgan fingerprint density at radius 1 is 1.21 bits per heavy atom. The maximum absolute atomic E-state index is 12.7. The van der Waals surface area contributed by atoms with Crippen molar-refractivity contribution in [3.63, 3.8) is 0 Å². The van der Waals surface area contributed by atoms with Gasteiger partial charge in [-0.15, -0.1) is 0 Å². The SMILES string of the molecule is CCCC(CC)N1C(=O)C(CC(C)C)NC1CCC. The lowest BCUT2D eigenvalue weighted by Crippen LogP contribution is -2.44. The van der Waals surface area contributed by atoms with Crippen molar-refractivity contribution in [1.29, 1.82) is 0 Å². The van der Waals surface area contributed by atoms with Crippen molar-refractivity contribution in [1.82, 2.24) is 10.2 Å². The molecule has 3 unspecified atom stereocenters. The molecule has 3 heteroatoms. The topological polar surface area (TPSA) is 32.3 Å². The number of carbonyl (C=O) groups is 1. The van der Waals surface area contributed by atoms with Crippen molar-refractivity contribution >= 4 is 5.91 Å². The predicted octanol–water partition coefficient (Wildman–Crippen LogP) is 3.54. The molecule has 1 aliphatic rings. The molecule has 0 aromatic rings. The van der Waals surface area contributed by atoms with E-state index in [1.165, 1.54) is 0 Å². The van der Waals surface area contributed by atoms with Crippen LogP contribution in [0.25, 0.3) is 0 Å². The van der Waals surface area contributed by atoms with Gasteiger partial charge in [0, 0.05) is 6.04 Å². The number of nitrogens with one attached hydrogen (secondary N) is 1. The summed E-state index contributed by atoms with van der Waals surface area (Å²) in [7, 11) is 0. The highest BCUT2D eigenvalue weighted by Crippen LogP contribution is 2.25. The molecule has 0 aromatic carbocycles. The zero-order chi connectivity index (χ0) is 14.4. The van der Waals surface area contributed by atoms with Crippen LogP contribution in [0, 0.1) is 5.92 Å². The first-order valence-electron chi connectivity index (χ1n) is 8.13. The number of amides is 1. The van der Waals surface area contributed by atoms with Crippen LogP contribution in [0.5, 0.6) is 0 Å². The summed E-state index contributed by atoms with van der Waals surface area (Å²) < 4.78 is 0. The smallest absolute Gasteiger partial charge is 0.241 e. The van der Waals surface area contributed by atoms with Crippen molar-refractivity contribution in [2.75, 3.05) is 0 Å². The van der Waals surface area contributed by atoms with Crippen LogP contribution in [0.15, 0.2) is 0 Å². The Bertz CT molecular complexity index is 278. The van der Waals surface area contributed by atoms with E-state index in [1.54, 1.807) is 0 Å². The van der Waals surface area contributed by atoms with E-state index in [2.05, 4.69) is 44.8 Å². The van der Waals surface area contributed by atoms with E-state index in [0.29, 0.717) is 17.9 Å². The van der Waals surface area contributed by atoms with Gasteiger partial charge in [-0.05, 0) is 31.6 Å². The fourth-order valence-corrected chi connectivity index (χ4v) is 3.16. The monoisotopic (exact) mass is 268 g/mol. The van der Waals surface area contributed by atoms with Crippen LogP contribution in [-0.4, -0.2) is 29.1 Å². The van der Waals surface area contributed by atoms with Crippen LogP contribution in [0.4, 0.5) is 0 Å². The first kappa shape index (κ1) is 16.5. The lowest BCUT2D eigenvalue weighted by atomic mass is 10.0. The molecule has 1 aliphatic heterocycles. The zero-order valence-electron chi connectivity index (χ0n) is 13.4. The summed E-state index contributed by atoms with van der Waals surface area (Å²) in [6, 6.07) is 0.459. The molecule has 1 rings (SSSR count). The van der Waals surface area contributed by atoms with Gasteiger partial charge >= 0.3 is 0 Å². The Morgan fingerprint density at radius 2 is 1.89 bits per heavy atom. The average Bonchev–Trinajstić information content (AvgIpc) is 2.63. The Kier molecular flexibility index (Phi) is 6.84. The number of carbonyl (C=O) groups excluding carboxylic acids is 1. The molecule has 1 N–H and O–H groups in total. The van der Waals surface area contributed by atoms with Crippen LogP contribution < -0.4 is 5.32 Å². The molecule has 0 aliphatic carbocycles. The third kappa shape index (κ3) is 4.20. The third-order valence-corrected chi connectivity index (χ3v) is 4.04. The van der Waals surface area contributed by atoms with Gasteiger partial charge in [0.15, 0.2) is 0 Å². The van der Waals surface area contributed by atoms with Gasteiger partial charge in [0.25, 0.3) is 0 Å². The fourth-order valence-electron chi connectivity index (χ4n) is 3.16. The lowest BCUT2D eigenvalue weighted by molar-refractivity contribution is -0.132. The summed E-state index contributed by atoms with van der Waals surface area (Å²) in [5.41, 5.74) is 0. The maximum atomic E-state index is 12.7. The van der Waals surface area contributed by atoms with Crippen molar-refractivity contribution in [3.8, 4) is 0 Å². The van der Waals surface area contributed by atoms with Crippen LogP contribution in [0.2, 0.25) is 0 Å². The summed E-state index contributed by atoms with van der Waals surface area (Å²) in [6.07, 6.45) is 6.75. The molecule has 1 saturated heterocycles. The van der Waals surface area contributed by atoms with Crippen molar-refractivity contribution in [2.45, 2.75) is 91.4 Å². The van der Waals surface area contributed by atoms with Crippen molar-refractivity contribution < 1.29 is 4.79 Å². The summed E-state index contributed by atoms with van der Waals surface area (Å²) in [5.74, 6) is 0.905. The highest BCUT2D eigenvalue weighted by Gasteiger charge is 2.41.